The van der Waals surface area contributed by atoms with E-state index < -0.39 is 18.0 Å². The van der Waals surface area contributed by atoms with E-state index in [1.807, 2.05) is 4.90 Å². The zero-order valence-electron chi connectivity index (χ0n) is 16.0. The largest absolute Gasteiger partial charge is 0.459 e. The first kappa shape index (κ1) is 19.3. The Bertz CT molecular complexity index is 909. The van der Waals surface area contributed by atoms with Crippen molar-refractivity contribution < 1.29 is 27.9 Å². The summed E-state index contributed by atoms with van der Waals surface area (Å²) in [5.41, 5.74) is 1.63. The van der Waals surface area contributed by atoms with Crippen LogP contribution in [0.1, 0.15) is 16.1 Å². The zero-order valence-corrected chi connectivity index (χ0v) is 16.0. The summed E-state index contributed by atoms with van der Waals surface area (Å²) < 4.78 is 30.4. The van der Waals surface area contributed by atoms with Crippen molar-refractivity contribution in [1.82, 2.24) is 5.32 Å². The first-order valence-electron chi connectivity index (χ1n) is 9.45. The van der Waals surface area contributed by atoms with Gasteiger partial charge in [0.1, 0.15) is 11.9 Å². The first-order valence-corrected chi connectivity index (χ1v) is 9.45. The minimum absolute atomic E-state index is 0.134. The summed E-state index contributed by atoms with van der Waals surface area (Å²) in [6, 6.07) is 6.39. The molecule has 1 atom stereocenters. The molecule has 2 saturated heterocycles. The van der Waals surface area contributed by atoms with E-state index in [0.29, 0.717) is 37.7 Å². The van der Waals surface area contributed by atoms with Crippen molar-refractivity contribution in [3.05, 3.63) is 47.7 Å². The Kier molecular flexibility index (Phi) is 5.39. The monoisotopic (exact) mass is 403 g/mol. The third-order valence-electron chi connectivity index (χ3n) is 5.03. The number of aryl methyl sites for hydroxylation is 1. The predicted octanol–water partition coefficient (Wildman–Crippen LogP) is 2.32. The number of cyclic esters (lactones) is 1. The molecule has 0 spiro atoms. The second-order valence-corrected chi connectivity index (χ2v) is 6.99. The molecule has 8 nitrogen and oxygen atoms in total. The lowest BCUT2D eigenvalue weighted by molar-refractivity contribution is 0.0888. The van der Waals surface area contributed by atoms with Crippen LogP contribution in [0.15, 0.2) is 34.9 Å². The van der Waals surface area contributed by atoms with Gasteiger partial charge in [-0.05, 0) is 31.2 Å². The van der Waals surface area contributed by atoms with E-state index in [-0.39, 0.29) is 24.8 Å². The summed E-state index contributed by atoms with van der Waals surface area (Å²) in [5, 5.41) is 2.69. The van der Waals surface area contributed by atoms with Crippen LogP contribution >= 0.6 is 0 Å². The second kappa shape index (κ2) is 8.12. The number of hydrogen-bond acceptors (Lipinski definition) is 6. The molecule has 1 aromatic heterocycles. The smallest absolute Gasteiger partial charge is 0.414 e. The van der Waals surface area contributed by atoms with E-state index >= 15 is 0 Å². The van der Waals surface area contributed by atoms with Crippen molar-refractivity contribution >= 4 is 23.4 Å². The molecule has 0 aliphatic carbocycles. The van der Waals surface area contributed by atoms with Crippen molar-refractivity contribution in [3.63, 3.8) is 0 Å². The highest BCUT2D eigenvalue weighted by Gasteiger charge is 2.33. The van der Waals surface area contributed by atoms with E-state index in [2.05, 4.69) is 5.32 Å². The van der Waals surface area contributed by atoms with Gasteiger partial charge >= 0.3 is 6.09 Å². The minimum atomic E-state index is -0.572. The van der Waals surface area contributed by atoms with Gasteiger partial charge in [0.2, 0.25) is 0 Å². The lowest BCUT2D eigenvalue weighted by Crippen LogP contribution is -2.37. The van der Waals surface area contributed by atoms with Crippen molar-refractivity contribution in [2.45, 2.75) is 13.0 Å². The number of ether oxygens (including phenoxy) is 2. The maximum atomic E-state index is 14.6. The van der Waals surface area contributed by atoms with E-state index in [0.717, 1.165) is 5.56 Å². The molecular weight excluding hydrogens is 381 g/mol. The fraction of sp³-hybridized carbons (Fsp3) is 0.400. The van der Waals surface area contributed by atoms with Gasteiger partial charge in [-0.1, -0.05) is 0 Å². The number of nitrogens with zero attached hydrogens (tertiary/aromatic N) is 2. The lowest BCUT2D eigenvalue weighted by atomic mass is 10.2. The molecule has 0 unspecified atom stereocenters. The number of nitrogens with one attached hydrogen (secondary N) is 1. The van der Waals surface area contributed by atoms with Crippen LogP contribution in [0.25, 0.3) is 0 Å². The van der Waals surface area contributed by atoms with Crippen molar-refractivity contribution in [3.8, 4) is 0 Å². The summed E-state index contributed by atoms with van der Waals surface area (Å²) in [4.78, 5) is 27.6. The fourth-order valence-electron chi connectivity index (χ4n) is 3.46. The maximum absolute atomic E-state index is 14.6. The Labute approximate surface area is 167 Å². The van der Waals surface area contributed by atoms with E-state index in [4.69, 9.17) is 13.9 Å². The molecule has 2 fully saturated rings. The van der Waals surface area contributed by atoms with Crippen LogP contribution in [0, 0.1) is 12.7 Å². The third-order valence-corrected chi connectivity index (χ3v) is 5.03. The number of furan rings is 1. The van der Waals surface area contributed by atoms with Crippen LogP contribution in [0.5, 0.6) is 0 Å². The lowest BCUT2D eigenvalue weighted by Gasteiger charge is -2.29. The van der Waals surface area contributed by atoms with Crippen LogP contribution in [0.4, 0.5) is 20.6 Å². The number of benzene rings is 1. The SMILES string of the molecule is Cc1ccoc1C(=O)NC[C@H]1CN(c2ccc(N3CCOCC3)c(F)c2)C(=O)O1. The average Bonchev–Trinajstić information content (AvgIpc) is 3.32. The quantitative estimate of drug-likeness (QED) is 0.825. The van der Waals surface area contributed by atoms with Gasteiger partial charge in [0.15, 0.2) is 5.76 Å². The van der Waals surface area contributed by atoms with Gasteiger partial charge in [0, 0.05) is 18.7 Å². The maximum Gasteiger partial charge on any atom is 0.414 e. The number of morpholine rings is 1. The topological polar surface area (TPSA) is 84.3 Å². The molecule has 2 aliphatic heterocycles. The number of hydrogen-bond donors (Lipinski definition) is 1. The Balaban J connectivity index is 1.38. The zero-order chi connectivity index (χ0) is 20.4. The molecule has 4 rings (SSSR count). The number of carbonyl (C=O) groups excluding carboxylic acids is 2. The van der Waals surface area contributed by atoms with Gasteiger partial charge in [-0.2, -0.15) is 0 Å². The highest BCUT2D eigenvalue weighted by Crippen LogP contribution is 2.28. The van der Waals surface area contributed by atoms with Crippen molar-refractivity contribution in [1.29, 1.82) is 0 Å². The normalized spacial score (nSPS) is 19.4. The van der Waals surface area contributed by atoms with Gasteiger partial charge in [0.25, 0.3) is 5.91 Å². The number of amides is 2. The standard InChI is InChI=1S/C20H22FN3O5/c1-13-4-7-28-18(13)19(25)22-11-15-12-24(20(26)29-15)14-2-3-17(16(21)10-14)23-5-8-27-9-6-23/h2-4,7,10,15H,5-6,8-9,11-12H2,1H3,(H,22,25)/t15-/m0/s1. The molecule has 2 aromatic rings. The average molecular weight is 403 g/mol. The van der Waals surface area contributed by atoms with Crippen LogP contribution in [-0.4, -0.2) is 57.5 Å². The number of rotatable bonds is 5. The highest BCUT2D eigenvalue weighted by molar-refractivity contribution is 5.93. The Morgan fingerprint density at radius 3 is 2.76 bits per heavy atom. The second-order valence-electron chi connectivity index (χ2n) is 6.99. The van der Waals surface area contributed by atoms with Crippen molar-refractivity contribution in [2.24, 2.45) is 0 Å². The summed E-state index contributed by atoms with van der Waals surface area (Å²) in [5.74, 6) is -0.544. The van der Waals surface area contributed by atoms with Gasteiger partial charge in [0.05, 0.1) is 43.9 Å². The molecule has 0 radical (unpaired) electrons. The van der Waals surface area contributed by atoms with E-state index in [1.165, 1.54) is 17.2 Å². The predicted molar refractivity (Wildman–Crippen MR) is 103 cm³/mol. The van der Waals surface area contributed by atoms with Gasteiger partial charge < -0.3 is 24.1 Å². The Morgan fingerprint density at radius 2 is 2.07 bits per heavy atom. The number of halogens is 1. The summed E-state index contributed by atoms with van der Waals surface area (Å²) in [7, 11) is 0. The molecule has 1 N–H and O–H groups in total. The molecular formula is C20H22FN3O5. The van der Waals surface area contributed by atoms with E-state index in [9.17, 15) is 14.0 Å². The van der Waals surface area contributed by atoms with Crippen molar-refractivity contribution in [2.75, 3.05) is 49.2 Å². The molecule has 3 heterocycles. The number of anilines is 2. The first-order chi connectivity index (χ1) is 14.0. The van der Waals surface area contributed by atoms with Crippen LogP contribution in [-0.2, 0) is 9.47 Å². The Hall–Kier alpha value is -3.07. The molecule has 2 amide bonds. The highest BCUT2D eigenvalue weighted by atomic mass is 19.1. The van der Waals surface area contributed by atoms with Crippen LogP contribution in [0.2, 0.25) is 0 Å². The molecule has 0 bridgehead atoms. The van der Waals surface area contributed by atoms with Crippen LogP contribution in [0.3, 0.4) is 0 Å². The summed E-state index contributed by atoms with van der Waals surface area (Å²) in [6.07, 6.45) is 0.331. The van der Waals surface area contributed by atoms with Gasteiger partial charge in [-0.3, -0.25) is 9.69 Å². The van der Waals surface area contributed by atoms with Gasteiger partial charge in [-0.15, -0.1) is 0 Å². The summed E-state index contributed by atoms with van der Waals surface area (Å²) >= 11 is 0. The third kappa shape index (κ3) is 4.04. The fourth-order valence-corrected chi connectivity index (χ4v) is 3.46. The number of carbonyl (C=O) groups is 2. The summed E-state index contributed by atoms with van der Waals surface area (Å²) in [6.45, 7) is 4.49. The molecule has 2 aliphatic rings. The van der Waals surface area contributed by atoms with E-state index in [1.54, 1.807) is 25.1 Å². The molecule has 1 aromatic carbocycles. The molecule has 154 valence electrons. The van der Waals surface area contributed by atoms with Crippen LogP contribution < -0.4 is 15.1 Å². The Morgan fingerprint density at radius 1 is 1.28 bits per heavy atom. The molecule has 29 heavy (non-hydrogen) atoms. The molecule has 9 heteroatoms. The molecule has 0 saturated carbocycles. The van der Waals surface area contributed by atoms with Gasteiger partial charge in [-0.25, -0.2) is 9.18 Å². The minimum Gasteiger partial charge on any atom is -0.459 e.